The van der Waals surface area contributed by atoms with Gasteiger partial charge in [-0.3, -0.25) is 9.97 Å². The van der Waals surface area contributed by atoms with Crippen LogP contribution in [0.3, 0.4) is 0 Å². The summed E-state index contributed by atoms with van der Waals surface area (Å²) in [7, 11) is 0. The molecule has 1 N–H and O–H groups in total. The van der Waals surface area contributed by atoms with Gasteiger partial charge in [0.05, 0.1) is 11.9 Å². The Morgan fingerprint density at radius 1 is 0.800 bits per heavy atom. The highest BCUT2D eigenvalue weighted by molar-refractivity contribution is 5.79. The van der Waals surface area contributed by atoms with Crippen molar-refractivity contribution in [3.05, 3.63) is 73.1 Å². The summed E-state index contributed by atoms with van der Waals surface area (Å²) >= 11 is 0. The summed E-state index contributed by atoms with van der Waals surface area (Å²) < 4.78 is 12.9. The van der Waals surface area contributed by atoms with Crippen molar-refractivity contribution in [2.45, 2.75) is 0 Å². The van der Waals surface area contributed by atoms with Crippen LogP contribution in [0.25, 0.3) is 11.1 Å². The van der Waals surface area contributed by atoms with Crippen LogP contribution in [0.15, 0.2) is 67.3 Å². The number of rotatable bonds is 3. The zero-order valence-electron chi connectivity index (χ0n) is 10.6. The lowest BCUT2D eigenvalue weighted by Gasteiger charge is -2.11. The second-order valence-electron chi connectivity index (χ2n) is 4.29. The van der Waals surface area contributed by atoms with Crippen molar-refractivity contribution in [2.75, 3.05) is 5.32 Å². The lowest BCUT2D eigenvalue weighted by atomic mass is 10.1. The fourth-order valence-corrected chi connectivity index (χ4v) is 1.97. The van der Waals surface area contributed by atoms with Gasteiger partial charge in [-0.1, -0.05) is 0 Å². The summed E-state index contributed by atoms with van der Waals surface area (Å²) in [6, 6.07) is 12.0. The molecule has 0 unspecified atom stereocenters. The molecule has 0 atom stereocenters. The third kappa shape index (κ3) is 2.64. The second-order valence-corrected chi connectivity index (χ2v) is 4.29. The number of pyridine rings is 2. The highest BCUT2D eigenvalue weighted by Crippen LogP contribution is 2.28. The molecule has 4 heteroatoms. The fraction of sp³-hybridized carbons (Fsp3) is 0. The summed E-state index contributed by atoms with van der Waals surface area (Å²) in [5, 5.41) is 3.25. The maximum Gasteiger partial charge on any atom is 0.123 e. The van der Waals surface area contributed by atoms with Crippen LogP contribution in [0.5, 0.6) is 0 Å². The summed E-state index contributed by atoms with van der Waals surface area (Å²) in [5.74, 6) is -0.254. The van der Waals surface area contributed by atoms with Crippen molar-refractivity contribution in [1.29, 1.82) is 0 Å². The van der Waals surface area contributed by atoms with Crippen molar-refractivity contribution in [3.8, 4) is 11.1 Å². The molecule has 0 saturated carbocycles. The number of aromatic nitrogens is 2. The van der Waals surface area contributed by atoms with Crippen molar-refractivity contribution in [3.63, 3.8) is 0 Å². The van der Waals surface area contributed by atoms with Gasteiger partial charge >= 0.3 is 0 Å². The minimum absolute atomic E-state index is 0.254. The normalized spacial score (nSPS) is 10.2. The van der Waals surface area contributed by atoms with Crippen LogP contribution in [-0.2, 0) is 0 Å². The third-order valence-corrected chi connectivity index (χ3v) is 2.94. The van der Waals surface area contributed by atoms with Crippen LogP contribution in [0.1, 0.15) is 0 Å². The molecule has 3 rings (SSSR count). The van der Waals surface area contributed by atoms with E-state index in [9.17, 15) is 4.39 Å². The molecule has 20 heavy (non-hydrogen) atoms. The SMILES string of the molecule is Fc1ccc(Nc2cnccc2-c2ccncc2)cc1. The Morgan fingerprint density at radius 3 is 2.25 bits per heavy atom. The van der Waals surface area contributed by atoms with E-state index in [1.54, 1.807) is 36.9 Å². The number of benzene rings is 1. The lowest BCUT2D eigenvalue weighted by Crippen LogP contribution is -1.94. The smallest absolute Gasteiger partial charge is 0.123 e. The van der Waals surface area contributed by atoms with Crippen LogP contribution < -0.4 is 5.32 Å². The first kappa shape index (κ1) is 12.3. The molecule has 0 amide bonds. The van der Waals surface area contributed by atoms with E-state index >= 15 is 0 Å². The van der Waals surface area contributed by atoms with Crippen molar-refractivity contribution < 1.29 is 4.39 Å². The number of nitrogens with one attached hydrogen (secondary N) is 1. The molecular formula is C16H12FN3. The van der Waals surface area contributed by atoms with Gasteiger partial charge in [-0.2, -0.15) is 0 Å². The molecule has 2 heterocycles. The highest BCUT2D eigenvalue weighted by Gasteiger charge is 2.05. The van der Waals surface area contributed by atoms with Crippen LogP contribution >= 0.6 is 0 Å². The summed E-state index contributed by atoms with van der Waals surface area (Å²) in [5.41, 5.74) is 3.75. The number of anilines is 2. The minimum atomic E-state index is -0.254. The Kier molecular flexibility index (Phi) is 3.37. The molecule has 0 aliphatic carbocycles. The van der Waals surface area contributed by atoms with E-state index in [0.717, 1.165) is 22.5 Å². The minimum Gasteiger partial charge on any atom is -0.354 e. The summed E-state index contributed by atoms with van der Waals surface area (Å²) in [4.78, 5) is 8.15. The van der Waals surface area contributed by atoms with Crippen molar-refractivity contribution in [2.24, 2.45) is 0 Å². The van der Waals surface area contributed by atoms with E-state index in [-0.39, 0.29) is 5.82 Å². The predicted octanol–water partition coefficient (Wildman–Crippen LogP) is 4.03. The van der Waals surface area contributed by atoms with Crippen LogP contribution in [0.4, 0.5) is 15.8 Å². The Bertz CT molecular complexity index is 696. The Hall–Kier alpha value is -2.75. The maximum atomic E-state index is 12.9. The van der Waals surface area contributed by atoms with E-state index in [0.29, 0.717) is 0 Å². The van der Waals surface area contributed by atoms with Crippen LogP contribution in [0, 0.1) is 5.82 Å². The van der Waals surface area contributed by atoms with E-state index in [1.807, 2.05) is 18.2 Å². The monoisotopic (exact) mass is 265 g/mol. The quantitative estimate of drug-likeness (QED) is 0.777. The number of hydrogen-bond acceptors (Lipinski definition) is 3. The van der Waals surface area contributed by atoms with E-state index in [2.05, 4.69) is 15.3 Å². The van der Waals surface area contributed by atoms with Crippen LogP contribution in [-0.4, -0.2) is 9.97 Å². The van der Waals surface area contributed by atoms with Gasteiger partial charge in [-0.05, 0) is 48.0 Å². The average molecular weight is 265 g/mol. The third-order valence-electron chi connectivity index (χ3n) is 2.94. The molecule has 98 valence electrons. The van der Waals surface area contributed by atoms with Gasteiger partial charge in [-0.25, -0.2) is 4.39 Å². The van der Waals surface area contributed by atoms with Gasteiger partial charge in [0.1, 0.15) is 5.82 Å². The van der Waals surface area contributed by atoms with E-state index < -0.39 is 0 Å². The standard InChI is InChI=1S/C16H12FN3/c17-13-1-3-14(4-2-13)20-16-11-19-10-7-15(16)12-5-8-18-9-6-12/h1-11,20H. The van der Waals surface area contributed by atoms with Gasteiger partial charge in [-0.15, -0.1) is 0 Å². The van der Waals surface area contributed by atoms with E-state index in [1.165, 1.54) is 12.1 Å². The summed E-state index contributed by atoms with van der Waals surface area (Å²) in [6.45, 7) is 0. The first-order valence-electron chi connectivity index (χ1n) is 6.20. The van der Waals surface area contributed by atoms with Gasteiger partial charge in [0.25, 0.3) is 0 Å². The molecule has 0 spiro atoms. The second kappa shape index (κ2) is 5.48. The molecule has 3 aromatic rings. The lowest BCUT2D eigenvalue weighted by molar-refractivity contribution is 0.628. The number of hydrogen-bond donors (Lipinski definition) is 1. The molecule has 3 nitrogen and oxygen atoms in total. The predicted molar refractivity (Wildman–Crippen MR) is 77.2 cm³/mol. The summed E-state index contributed by atoms with van der Waals surface area (Å²) in [6.07, 6.45) is 6.99. The van der Waals surface area contributed by atoms with Gasteiger partial charge < -0.3 is 5.32 Å². The fourth-order valence-electron chi connectivity index (χ4n) is 1.97. The molecule has 0 aliphatic heterocycles. The zero-order valence-corrected chi connectivity index (χ0v) is 10.6. The number of nitrogens with zero attached hydrogens (tertiary/aromatic N) is 2. The largest absolute Gasteiger partial charge is 0.354 e. The van der Waals surface area contributed by atoms with Crippen molar-refractivity contribution >= 4 is 11.4 Å². The first-order chi connectivity index (χ1) is 9.83. The molecule has 0 saturated heterocycles. The first-order valence-corrected chi connectivity index (χ1v) is 6.20. The Labute approximate surface area is 116 Å². The molecule has 0 bridgehead atoms. The van der Waals surface area contributed by atoms with Crippen molar-refractivity contribution in [1.82, 2.24) is 9.97 Å². The maximum absolute atomic E-state index is 12.9. The molecular weight excluding hydrogens is 253 g/mol. The molecule has 0 radical (unpaired) electrons. The molecule has 0 fully saturated rings. The number of halogens is 1. The zero-order chi connectivity index (χ0) is 13.8. The van der Waals surface area contributed by atoms with E-state index in [4.69, 9.17) is 0 Å². The molecule has 0 aliphatic rings. The Balaban J connectivity index is 1.96. The van der Waals surface area contributed by atoms with Crippen LogP contribution in [0.2, 0.25) is 0 Å². The Morgan fingerprint density at radius 2 is 1.50 bits per heavy atom. The molecule has 1 aromatic carbocycles. The van der Waals surface area contributed by atoms with Gasteiger partial charge in [0, 0.05) is 29.8 Å². The average Bonchev–Trinajstić information content (AvgIpc) is 2.51. The topological polar surface area (TPSA) is 37.8 Å². The van der Waals surface area contributed by atoms with Gasteiger partial charge in [0.2, 0.25) is 0 Å². The molecule has 2 aromatic heterocycles. The van der Waals surface area contributed by atoms with Gasteiger partial charge in [0.15, 0.2) is 0 Å². The highest BCUT2D eigenvalue weighted by atomic mass is 19.1.